The molecular weight excluding hydrogens is 442 g/mol. The lowest BCUT2D eigenvalue weighted by Gasteiger charge is -2.28. The monoisotopic (exact) mass is 467 g/mol. The van der Waals surface area contributed by atoms with Gasteiger partial charge < -0.3 is 14.7 Å². The molecule has 2 heterocycles. The number of aromatic nitrogens is 3. The van der Waals surface area contributed by atoms with Gasteiger partial charge in [0.25, 0.3) is 0 Å². The quantitative estimate of drug-likeness (QED) is 0.306. The fraction of sp³-hybridized carbons (Fsp3) is 0.154. The van der Waals surface area contributed by atoms with Crippen molar-refractivity contribution in [1.82, 2.24) is 15.0 Å². The molecular formula is C26H25N7O2. The Morgan fingerprint density at radius 2 is 1.46 bits per heavy atom. The lowest BCUT2D eigenvalue weighted by Crippen LogP contribution is -2.37. The molecule has 0 amide bonds. The molecule has 1 aliphatic rings. The van der Waals surface area contributed by atoms with Gasteiger partial charge in [0, 0.05) is 30.0 Å². The lowest BCUT2D eigenvalue weighted by molar-refractivity contribution is 0.122. The molecule has 0 saturated carbocycles. The molecule has 0 atom stereocenters. The van der Waals surface area contributed by atoms with Crippen LogP contribution < -0.4 is 15.2 Å². The normalized spacial score (nSPS) is 13.7. The molecule has 0 unspecified atom stereocenters. The number of rotatable bonds is 7. The third-order valence-electron chi connectivity index (χ3n) is 5.44. The van der Waals surface area contributed by atoms with E-state index in [1.165, 1.54) is 6.21 Å². The van der Waals surface area contributed by atoms with Gasteiger partial charge in [-0.05, 0) is 36.4 Å². The average molecular weight is 468 g/mol. The molecule has 1 fully saturated rings. The summed E-state index contributed by atoms with van der Waals surface area (Å²) in [6, 6.07) is 26.9. The van der Waals surface area contributed by atoms with Gasteiger partial charge in [0.1, 0.15) is 5.75 Å². The van der Waals surface area contributed by atoms with Crippen molar-refractivity contribution in [2.75, 3.05) is 41.5 Å². The molecule has 4 aromatic rings. The average Bonchev–Trinajstić information content (AvgIpc) is 2.92. The maximum Gasteiger partial charge on any atom is 0.250 e. The minimum atomic E-state index is 0.141. The van der Waals surface area contributed by atoms with Crippen LogP contribution in [0.3, 0.4) is 0 Å². The topological polar surface area (TPSA) is 99.0 Å². The summed E-state index contributed by atoms with van der Waals surface area (Å²) < 4.78 is 5.51. The number of nitrogens with one attached hydrogen (secondary N) is 1. The van der Waals surface area contributed by atoms with Gasteiger partial charge >= 0.3 is 0 Å². The number of aromatic hydroxyl groups is 1. The Balaban J connectivity index is 1.55. The number of hydrogen-bond acceptors (Lipinski definition) is 9. The van der Waals surface area contributed by atoms with Crippen molar-refractivity contribution in [3.05, 3.63) is 90.5 Å². The van der Waals surface area contributed by atoms with E-state index in [1.807, 2.05) is 71.6 Å². The van der Waals surface area contributed by atoms with Gasteiger partial charge in [-0.3, -0.25) is 4.90 Å². The maximum atomic E-state index is 10.0. The van der Waals surface area contributed by atoms with Crippen molar-refractivity contribution in [2.45, 2.75) is 0 Å². The van der Waals surface area contributed by atoms with Crippen LogP contribution in [0.25, 0.3) is 0 Å². The summed E-state index contributed by atoms with van der Waals surface area (Å²) in [5, 5.41) is 14.3. The third kappa shape index (κ3) is 5.36. The fourth-order valence-corrected chi connectivity index (χ4v) is 3.70. The fourth-order valence-electron chi connectivity index (χ4n) is 3.70. The van der Waals surface area contributed by atoms with E-state index in [0.29, 0.717) is 49.7 Å². The highest BCUT2D eigenvalue weighted by molar-refractivity contribution is 5.83. The lowest BCUT2D eigenvalue weighted by atomic mass is 10.2. The summed E-state index contributed by atoms with van der Waals surface area (Å²) in [5.74, 6) is 1.43. The molecule has 9 nitrogen and oxygen atoms in total. The second-order valence-corrected chi connectivity index (χ2v) is 7.79. The second kappa shape index (κ2) is 10.6. The largest absolute Gasteiger partial charge is 0.507 e. The molecule has 176 valence electrons. The van der Waals surface area contributed by atoms with Crippen molar-refractivity contribution in [3.8, 4) is 5.75 Å². The Hall–Kier alpha value is -4.50. The number of morpholine rings is 1. The van der Waals surface area contributed by atoms with Crippen molar-refractivity contribution >= 4 is 35.4 Å². The van der Waals surface area contributed by atoms with Crippen molar-refractivity contribution in [2.24, 2.45) is 5.10 Å². The summed E-state index contributed by atoms with van der Waals surface area (Å²) in [6.07, 6.45) is 1.53. The Bertz CT molecular complexity index is 1240. The molecule has 0 radical (unpaired) electrons. The van der Waals surface area contributed by atoms with Crippen LogP contribution in [0.1, 0.15) is 5.56 Å². The number of phenolic OH excluding ortho intramolecular Hbond substituents is 1. The van der Waals surface area contributed by atoms with Gasteiger partial charge in [0.2, 0.25) is 17.8 Å². The van der Waals surface area contributed by atoms with Crippen LogP contribution >= 0.6 is 0 Å². The van der Waals surface area contributed by atoms with E-state index in [9.17, 15) is 5.11 Å². The number of anilines is 5. The standard InChI is InChI=1S/C26H25N7O2/c34-23-14-8-7-9-20(23)19-27-31-24-28-25(32-15-17-35-18-16-32)30-26(29-24)33(21-10-3-1-4-11-21)22-12-5-2-6-13-22/h1-14,19,34H,15-18H2,(H,28,29,30,31)/b27-19-. The molecule has 1 saturated heterocycles. The molecule has 0 aliphatic carbocycles. The number of hydrogen-bond donors (Lipinski definition) is 2. The van der Waals surface area contributed by atoms with Gasteiger partial charge in [0.15, 0.2) is 0 Å². The number of ether oxygens (including phenoxy) is 1. The Labute approximate surface area is 203 Å². The summed E-state index contributed by atoms with van der Waals surface area (Å²) in [6.45, 7) is 2.58. The first-order chi connectivity index (χ1) is 17.3. The van der Waals surface area contributed by atoms with Crippen molar-refractivity contribution in [1.29, 1.82) is 0 Å². The van der Waals surface area contributed by atoms with E-state index in [-0.39, 0.29) is 5.75 Å². The Morgan fingerprint density at radius 1 is 0.829 bits per heavy atom. The maximum absolute atomic E-state index is 10.0. The summed E-state index contributed by atoms with van der Waals surface area (Å²) in [5.41, 5.74) is 5.33. The molecule has 9 heteroatoms. The highest BCUT2D eigenvalue weighted by atomic mass is 16.5. The van der Waals surface area contributed by atoms with E-state index in [1.54, 1.807) is 18.2 Å². The number of nitrogens with zero attached hydrogens (tertiary/aromatic N) is 6. The van der Waals surface area contributed by atoms with Crippen LogP contribution in [0.15, 0.2) is 90.0 Å². The van der Waals surface area contributed by atoms with Gasteiger partial charge in [-0.2, -0.15) is 20.1 Å². The van der Waals surface area contributed by atoms with Crippen LogP contribution in [-0.2, 0) is 4.74 Å². The zero-order valence-electron chi connectivity index (χ0n) is 19.0. The molecule has 2 N–H and O–H groups in total. The zero-order valence-corrected chi connectivity index (χ0v) is 19.0. The third-order valence-corrected chi connectivity index (χ3v) is 5.44. The highest BCUT2D eigenvalue weighted by Crippen LogP contribution is 2.33. The SMILES string of the molecule is Oc1ccccc1/C=N\Nc1nc(N2CCOCC2)nc(N(c2ccccc2)c2ccccc2)n1. The first-order valence-electron chi connectivity index (χ1n) is 11.3. The first kappa shape index (κ1) is 22.3. The summed E-state index contributed by atoms with van der Waals surface area (Å²) >= 11 is 0. The number of phenols is 1. The second-order valence-electron chi connectivity index (χ2n) is 7.79. The van der Waals surface area contributed by atoms with Gasteiger partial charge in [-0.1, -0.05) is 48.5 Å². The molecule has 5 rings (SSSR count). The van der Waals surface area contributed by atoms with E-state index in [4.69, 9.17) is 14.7 Å². The van der Waals surface area contributed by atoms with E-state index in [0.717, 1.165) is 11.4 Å². The van der Waals surface area contributed by atoms with E-state index < -0.39 is 0 Å². The van der Waals surface area contributed by atoms with Crippen molar-refractivity contribution in [3.63, 3.8) is 0 Å². The Kier molecular flexibility index (Phi) is 6.77. The van der Waals surface area contributed by atoms with E-state index in [2.05, 4.69) is 20.4 Å². The van der Waals surface area contributed by atoms with E-state index >= 15 is 0 Å². The number of benzene rings is 3. The predicted octanol–water partition coefficient (Wildman–Crippen LogP) is 4.33. The van der Waals surface area contributed by atoms with Crippen molar-refractivity contribution < 1.29 is 9.84 Å². The molecule has 1 aromatic heterocycles. The minimum absolute atomic E-state index is 0.141. The van der Waals surface area contributed by atoms with Crippen LogP contribution in [-0.4, -0.2) is 52.6 Å². The number of para-hydroxylation sites is 3. The van der Waals surface area contributed by atoms with Crippen LogP contribution in [0.4, 0.5) is 29.2 Å². The van der Waals surface area contributed by atoms with Gasteiger partial charge in [-0.15, -0.1) is 0 Å². The first-order valence-corrected chi connectivity index (χ1v) is 11.3. The Morgan fingerprint density at radius 3 is 2.11 bits per heavy atom. The predicted molar refractivity (Wildman–Crippen MR) is 137 cm³/mol. The number of hydrazone groups is 1. The van der Waals surface area contributed by atoms with Crippen LogP contribution in [0, 0.1) is 0 Å². The smallest absolute Gasteiger partial charge is 0.250 e. The molecule has 3 aromatic carbocycles. The van der Waals surface area contributed by atoms with Gasteiger partial charge in [0.05, 0.1) is 19.4 Å². The van der Waals surface area contributed by atoms with Gasteiger partial charge in [-0.25, -0.2) is 5.43 Å². The summed E-state index contributed by atoms with van der Waals surface area (Å²) in [4.78, 5) is 18.2. The molecule has 35 heavy (non-hydrogen) atoms. The highest BCUT2D eigenvalue weighted by Gasteiger charge is 2.21. The zero-order chi connectivity index (χ0) is 23.9. The van der Waals surface area contributed by atoms with Crippen LogP contribution in [0.2, 0.25) is 0 Å². The molecule has 1 aliphatic heterocycles. The summed E-state index contributed by atoms with van der Waals surface area (Å²) in [7, 11) is 0. The van der Waals surface area contributed by atoms with Crippen LogP contribution in [0.5, 0.6) is 5.75 Å². The molecule has 0 bridgehead atoms. The minimum Gasteiger partial charge on any atom is -0.507 e. The molecule has 0 spiro atoms.